The summed E-state index contributed by atoms with van der Waals surface area (Å²) in [4.78, 5) is 13.6. The minimum Gasteiger partial charge on any atom is -0.412 e. The second kappa shape index (κ2) is 4.68. The highest BCUT2D eigenvalue weighted by atomic mass is 127. The lowest BCUT2D eigenvalue weighted by Gasteiger charge is -2.28. The smallest absolute Gasteiger partial charge is 0.412 e. The van der Waals surface area contributed by atoms with Crippen LogP contribution in [-0.4, -0.2) is 16.5 Å². The second-order valence-electron chi connectivity index (χ2n) is 4.47. The first-order valence-electron chi connectivity index (χ1n) is 5.40. The average molecular weight is 343 g/mol. The number of hydrogen-bond acceptors (Lipinski definition) is 2. The SMILES string of the molecule is CC1(C)/C(=C\I)OC(=O)N1Cc1ccccc1. The first kappa shape index (κ1) is 12.4. The molecule has 1 amide bonds. The van der Waals surface area contributed by atoms with E-state index in [1.54, 1.807) is 4.90 Å². The molecule has 1 heterocycles. The van der Waals surface area contributed by atoms with Gasteiger partial charge in [-0.05, 0) is 42.0 Å². The number of rotatable bonds is 2. The highest BCUT2D eigenvalue weighted by Gasteiger charge is 2.44. The molecule has 0 aromatic heterocycles. The summed E-state index contributed by atoms with van der Waals surface area (Å²) in [6.07, 6.45) is -0.276. The molecule has 0 N–H and O–H groups in total. The number of ether oxygens (including phenoxy) is 1. The molecular formula is C13H14INO2. The summed E-state index contributed by atoms with van der Waals surface area (Å²) in [5.41, 5.74) is 0.723. The van der Waals surface area contributed by atoms with Crippen LogP contribution in [0.3, 0.4) is 0 Å². The summed E-state index contributed by atoms with van der Waals surface area (Å²) in [5, 5.41) is 0. The van der Waals surface area contributed by atoms with Crippen molar-refractivity contribution in [1.29, 1.82) is 0 Å². The standard InChI is InChI=1S/C13H14INO2/c1-13(2)11(8-14)17-12(16)15(13)9-10-6-4-3-5-7-10/h3-8H,9H2,1-2H3/b11-8+. The van der Waals surface area contributed by atoms with E-state index in [2.05, 4.69) is 22.6 Å². The lowest BCUT2D eigenvalue weighted by Crippen LogP contribution is -2.40. The topological polar surface area (TPSA) is 29.5 Å². The van der Waals surface area contributed by atoms with Crippen molar-refractivity contribution in [3.63, 3.8) is 0 Å². The molecule has 1 aromatic rings. The summed E-state index contributed by atoms with van der Waals surface area (Å²) in [6.45, 7) is 4.55. The van der Waals surface area contributed by atoms with Gasteiger partial charge in [0.25, 0.3) is 0 Å². The van der Waals surface area contributed by atoms with Gasteiger partial charge in [0.05, 0.1) is 12.1 Å². The van der Waals surface area contributed by atoms with Gasteiger partial charge in [0.2, 0.25) is 0 Å². The Morgan fingerprint density at radius 2 is 2.00 bits per heavy atom. The van der Waals surface area contributed by atoms with Crippen molar-refractivity contribution in [1.82, 2.24) is 4.90 Å². The fraction of sp³-hybridized carbons (Fsp3) is 0.308. The molecule has 0 spiro atoms. The molecule has 1 aliphatic heterocycles. The first-order valence-corrected chi connectivity index (χ1v) is 6.64. The zero-order chi connectivity index (χ0) is 12.5. The molecule has 0 radical (unpaired) electrons. The maximum absolute atomic E-state index is 11.8. The van der Waals surface area contributed by atoms with Gasteiger partial charge in [-0.3, -0.25) is 4.90 Å². The summed E-state index contributed by atoms with van der Waals surface area (Å²) in [6, 6.07) is 9.93. The summed E-state index contributed by atoms with van der Waals surface area (Å²) >= 11 is 2.10. The Morgan fingerprint density at radius 3 is 2.53 bits per heavy atom. The minimum atomic E-state index is -0.381. The van der Waals surface area contributed by atoms with Crippen LogP contribution in [0.2, 0.25) is 0 Å². The van der Waals surface area contributed by atoms with Crippen LogP contribution in [-0.2, 0) is 11.3 Å². The fourth-order valence-electron chi connectivity index (χ4n) is 1.82. The number of amides is 1. The van der Waals surface area contributed by atoms with E-state index in [0.717, 1.165) is 5.56 Å². The molecule has 1 aliphatic rings. The predicted molar refractivity (Wildman–Crippen MR) is 74.6 cm³/mol. The molecule has 1 aromatic carbocycles. The Labute approximate surface area is 115 Å². The number of halogens is 1. The van der Waals surface area contributed by atoms with Gasteiger partial charge in [-0.15, -0.1) is 0 Å². The van der Waals surface area contributed by atoms with Crippen LogP contribution in [0.1, 0.15) is 19.4 Å². The normalized spacial score (nSPS) is 20.8. The third-order valence-electron chi connectivity index (χ3n) is 2.98. The van der Waals surface area contributed by atoms with Crippen LogP contribution < -0.4 is 0 Å². The number of carbonyl (C=O) groups excluding carboxylic acids is 1. The zero-order valence-corrected chi connectivity index (χ0v) is 12.0. The molecule has 0 atom stereocenters. The second-order valence-corrected chi connectivity index (χ2v) is 5.09. The van der Waals surface area contributed by atoms with Crippen molar-refractivity contribution < 1.29 is 9.53 Å². The van der Waals surface area contributed by atoms with Gasteiger partial charge in [-0.1, -0.05) is 30.3 Å². The molecule has 17 heavy (non-hydrogen) atoms. The molecule has 0 bridgehead atoms. The lowest BCUT2D eigenvalue weighted by molar-refractivity contribution is 0.154. The third-order valence-corrected chi connectivity index (χ3v) is 3.54. The van der Waals surface area contributed by atoms with Crippen LogP contribution >= 0.6 is 22.6 Å². The highest BCUT2D eigenvalue weighted by Crippen LogP contribution is 2.35. The molecule has 4 heteroatoms. The van der Waals surface area contributed by atoms with E-state index in [4.69, 9.17) is 4.74 Å². The summed E-state index contributed by atoms with van der Waals surface area (Å²) < 4.78 is 7.07. The Bertz CT molecular complexity index is 454. The van der Waals surface area contributed by atoms with E-state index < -0.39 is 0 Å². The summed E-state index contributed by atoms with van der Waals surface area (Å²) in [5.74, 6) is 0.707. The van der Waals surface area contributed by atoms with Gasteiger partial charge in [0.15, 0.2) is 0 Å². The van der Waals surface area contributed by atoms with Crippen LogP contribution in [0.4, 0.5) is 4.79 Å². The van der Waals surface area contributed by atoms with Gasteiger partial charge in [0, 0.05) is 4.08 Å². The third kappa shape index (κ3) is 2.31. The molecular weight excluding hydrogens is 329 g/mol. The van der Waals surface area contributed by atoms with Crippen LogP contribution in [0, 0.1) is 0 Å². The molecule has 0 aliphatic carbocycles. The highest BCUT2D eigenvalue weighted by molar-refractivity contribution is 14.1. The van der Waals surface area contributed by atoms with Crippen LogP contribution in [0.5, 0.6) is 0 Å². The quantitative estimate of drug-likeness (QED) is 0.767. The Hall–Kier alpha value is -1.04. The molecule has 1 saturated heterocycles. The van der Waals surface area contributed by atoms with Gasteiger partial charge >= 0.3 is 6.09 Å². The van der Waals surface area contributed by atoms with Crippen molar-refractivity contribution >= 4 is 28.7 Å². The number of carbonyl (C=O) groups is 1. The van der Waals surface area contributed by atoms with E-state index in [0.29, 0.717) is 12.3 Å². The van der Waals surface area contributed by atoms with Crippen molar-refractivity contribution in [2.75, 3.05) is 0 Å². The maximum Gasteiger partial charge on any atom is 0.416 e. The van der Waals surface area contributed by atoms with Crippen LogP contribution in [0.15, 0.2) is 40.2 Å². The summed E-state index contributed by atoms with van der Waals surface area (Å²) in [7, 11) is 0. The lowest BCUT2D eigenvalue weighted by atomic mass is 10.0. The van der Waals surface area contributed by atoms with Gasteiger partial charge in [-0.2, -0.15) is 0 Å². The fourth-order valence-corrected chi connectivity index (χ4v) is 2.71. The largest absolute Gasteiger partial charge is 0.416 e. The van der Waals surface area contributed by atoms with Crippen LogP contribution in [0.25, 0.3) is 0 Å². The maximum atomic E-state index is 11.8. The van der Waals surface area contributed by atoms with Gasteiger partial charge < -0.3 is 4.74 Å². The average Bonchev–Trinajstić information content (AvgIpc) is 2.53. The zero-order valence-electron chi connectivity index (χ0n) is 9.81. The molecule has 90 valence electrons. The predicted octanol–water partition coefficient (Wildman–Crippen LogP) is 3.69. The number of nitrogens with zero attached hydrogens (tertiary/aromatic N) is 1. The Morgan fingerprint density at radius 1 is 1.35 bits per heavy atom. The number of hydrogen-bond donors (Lipinski definition) is 0. The van der Waals surface area contributed by atoms with E-state index in [1.165, 1.54) is 0 Å². The van der Waals surface area contributed by atoms with E-state index >= 15 is 0 Å². The van der Waals surface area contributed by atoms with Crippen molar-refractivity contribution in [3.8, 4) is 0 Å². The number of benzene rings is 1. The van der Waals surface area contributed by atoms with E-state index in [9.17, 15) is 4.79 Å². The van der Waals surface area contributed by atoms with Crippen molar-refractivity contribution in [3.05, 3.63) is 45.7 Å². The van der Waals surface area contributed by atoms with Crippen molar-refractivity contribution in [2.45, 2.75) is 25.9 Å². The first-order chi connectivity index (χ1) is 8.05. The van der Waals surface area contributed by atoms with Crippen molar-refractivity contribution in [2.24, 2.45) is 0 Å². The number of cyclic esters (lactones) is 1. The molecule has 2 rings (SSSR count). The van der Waals surface area contributed by atoms with E-state index in [1.807, 2.05) is 48.3 Å². The monoisotopic (exact) mass is 343 g/mol. The Balaban J connectivity index is 2.24. The molecule has 0 unspecified atom stereocenters. The van der Waals surface area contributed by atoms with Gasteiger partial charge in [0.1, 0.15) is 5.76 Å². The molecule has 1 fully saturated rings. The van der Waals surface area contributed by atoms with Gasteiger partial charge in [-0.25, -0.2) is 4.79 Å². The molecule has 0 saturated carbocycles. The van der Waals surface area contributed by atoms with E-state index in [-0.39, 0.29) is 11.6 Å². The molecule has 3 nitrogen and oxygen atoms in total. The Kier molecular flexibility index (Phi) is 3.42. The minimum absolute atomic E-state index is 0.276.